The van der Waals surface area contributed by atoms with Gasteiger partial charge in [-0.15, -0.1) is 0 Å². The maximum atomic E-state index is 12.2. The van der Waals surface area contributed by atoms with E-state index in [9.17, 15) is 9.90 Å². The summed E-state index contributed by atoms with van der Waals surface area (Å²) in [6.45, 7) is 13.6. The standard InChI is InChI=1S/C19H32N2O2/c1-13(2)21(12-17(6)22)9-7-8-18(23)20-19-15(4)10-14(3)11-16(19)5/h10-11,13,17,22H,7-9,12H2,1-6H3,(H,20,23). The normalized spacial score (nSPS) is 12.7. The van der Waals surface area contributed by atoms with Crippen LogP contribution in [0.5, 0.6) is 0 Å². The number of nitrogens with zero attached hydrogens (tertiary/aromatic N) is 1. The number of aliphatic hydroxyl groups excluding tert-OH is 1. The fraction of sp³-hybridized carbons (Fsp3) is 0.632. The van der Waals surface area contributed by atoms with Crippen molar-refractivity contribution in [1.82, 2.24) is 4.90 Å². The van der Waals surface area contributed by atoms with Crippen molar-refractivity contribution in [2.75, 3.05) is 18.4 Å². The second-order valence-electron chi connectivity index (χ2n) is 6.86. The Morgan fingerprint density at radius 3 is 2.22 bits per heavy atom. The van der Waals surface area contributed by atoms with Gasteiger partial charge >= 0.3 is 0 Å². The fourth-order valence-electron chi connectivity index (χ4n) is 2.92. The van der Waals surface area contributed by atoms with E-state index in [0.717, 1.165) is 29.8 Å². The predicted molar refractivity (Wildman–Crippen MR) is 96.9 cm³/mol. The van der Waals surface area contributed by atoms with E-state index in [1.165, 1.54) is 5.56 Å². The van der Waals surface area contributed by atoms with Crippen LogP contribution in [-0.2, 0) is 4.79 Å². The summed E-state index contributed by atoms with van der Waals surface area (Å²) in [6, 6.07) is 4.55. The van der Waals surface area contributed by atoms with Gasteiger partial charge in [-0.1, -0.05) is 17.7 Å². The highest BCUT2D eigenvalue weighted by Crippen LogP contribution is 2.22. The van der Waals surface area contributed by atoms with Crippen LogP contribution < -0.4 is 5.32 Å². The minimum absolute atomic E-state index is 0.0563. The van der Waals surface area contributed by atoms with Gasteiger partial charge in [0.25, 0.3) is 0 Å². The van der Waals surface area contributed by atoms with Gasteiger partial charge in [0.05, 0.1) is 6.10 Å². The second kappa shape index (κ2) is 9.04. The average Bonchev–Trinajstić information content (AvgIpc) is 2.41. The summed E-state index contributed by atoms with van der Waals surface area (Å²) >= 11 is 0. The molecule has 0 fully saturated rings. The molecule has 1 aromatic carbocycles. The van der Waals surface area contributed by atoms with Crippen LogP contribution in [0.15, 0.2) is 12.1 Å². The van der Waals surface area contributed by atoms with Gasteiger partial charge in [0.15, 0.2) is 0 Å². The molecule has 1 rings (SSSR count). The Kier molecular flexibility index (Phi) is 7.73. The summed E-state index contributed by atoms with van der Waals surface area (Å²) in [6.07, 6.45) is 0.945. The summed E-state index contributed by atoms with van der Waals surface area (Å²) in [7, 11) is 0. The molecule has 0 aliphatic heterocycles. The number of anilines is 1. The Balaban J connectivity index is 2.52. The molecule has 0 aliphatic rings. The molecule has 1 amide bonds. The van der Waals surface area contributed by atoms with Crippen LogP contribution in [-0.4, -0.2) is 41.1 Å². The number of hydrogen-bond acceptors (Lipinski definition) is 3. The molecule has 2 N–H and O–H groups in total. The van der Waals surface area contributed by atoms with Crippen LogP contribution in [0.2, 0.25) is 0 Å². The van der Waals surface area contributed by atoms with Gasteiger partial charge in [-0.3, -0.25) is 9.69 Å². The molecule has 0 spiro atoms. The van der Waals surface area contributed by atoms with Crippen LogP contribution in [0.1, 0.15) is 50.3 Å². The van der Waals surface area contributed by atoms with Crippen molar-refractivity contribution in [1.29, 1.82) is 0 Å². The average molecular weight is 320 g/mol. The van der Waals surface area contributed by atoms with E-state index in [0.29, 0.717) is 19.0 Å². The molecular weight excluding hydrogens is 288 g/mol. The van der Waals surface area contributed by atoms with Crippen molar-refractivity contribution in [3.63, 3.8) is 0 Å². The number of rotatable bonds is 8. The smallest absolute Gasteiger partial charge is 0.224 e. The van der Waals surface area contributed by atoms with Crippen molar-refractivity contribution in [3.8, 4) is 0 Å². The van der Waals surface area contributed by atoms with Crippen molar-refractivity contribution >= 4 is 11.6 Å². The molecule has 23 heavy (non-hydrogen) atoms. The molecule has 0 aliphatic carbocycles. The number of hydrogen-bond donors (Lipinski definition) is 2. The lowest BCUT2D eigenvalue weighted by atomic mass is 10.0. The molecule has 0 bridgehead atoms. The van der Waals surface area contributed by atoms with Gasteiger partial charge < -0.3 is 10.4 Å². The Labute approximate surface area is 140 Å². The third kappa shape index (κ3) is 6.71. The van der Waals surface area contributed by atoms with Gasteiger partial charge in [-0.25, -0.2) is 0 Å². The minimum atomic E-state index is -0.343. The first-order valence-corrected chi connectivity index (χ1v) is 8.50. The van der Waals surface area contributed by atoms with Crippen LogP contribution in [0.3, 0.4) is 0 Å². The van der Waals surface area contributed by atoms with E-state index >= 15 is 0 Å². The molecule has 1 atom stereocenters. The van der Waals surface area contributed by atoms with Crippen molar-refractivity contribution in [2.45, 2.75) is 66.5 Å². The number of aliphatic hydroxyl groups is 1. The zero-order valence-electron chi connectivity index (χ0n) is 15.4. The molecule has 4 nitrogen and oxygen atoms in total. The van der Waals surface area contributed by atoms with Gasteiger partial charge in [0.1, 0.15) is 0 Å². The topological polar surface area (TPSA) is 52.6 Å². The van der Waals surface area contributed by atoms with Gasteiger partial charge in [-0.2, -0.15) is 0 Å². The Hall–Kier alpha value is -1.39. The number of nitrogens with one attached hydrogen (secondary N) is 1. The Morgan fingerprint density at radius 1 is 1.17 bits per heavy atom. The first kappa shape index (κ1) is 19.7. The third-order valence-electron chi connectivity index (χ3n) is 4.02. The fourth-order valence-corrected chi connectivity index (χ4v) is 2.92. The summed E-state index contributed by atoms with van der Waals surface area (Å²) in [5, 5.41) is 12.6. The van der Waals surface area contributed by atoms with Crippen LogP contribution >= 0.6 is 0 Å². The van der Waals surface area contributed by atoms with Crippen molar-refractivity contribution < 1.29 is 9.90 Å². The molecule has 1 unspecified atom stereocenters. The lowest BCUT2D eigenvalue weighted by Crippen LogP contribution is -2.37. The number of carbonyl (C=O) groups excluding carboxylic acids is 1. The summed E-state index contributed by atoms with van der Waals surface area (Å²) in [5.41, 5.74) is 4.36. The SMILES string of the molecule is Cc1cc(C)c(NC(=O)CCCN(CC(C)O)C(C)C)c(C)c1. The lowest BCUT2D eigenvalue weighted by Gasteiger charge is -2.27. The second-order valence-corrected chi connectivity index (χ2v) is 6.86. The predicted octanol–water partition coefficient (Wildman–Crippen LogP) is 3.42. The summed E-state index contributed by atoms with van der Waals surface area (Å²) < 4.78 is 0. The Morgan fingerprint density at radius 2 is 1.74 bits per heavy atom. The summed E-state index contributed by atoms with van der Waals surface area (Å²) in [4.78, 5) is 14.4. The molecule has 130 valence electrons. The third-order valence-corrected chi connectivity index (χ3v) is 4.02. The van der Waals surface area contributed by atoms with Gasteiger partial charge in [0.2, 0.25) is 5.91 Å². The molecule has 0 saturated carbocycles. The maximum absolute atomic E-state index is 12.2. The number of carbonyl (C=O) groups is 1. The van der Waals surface area contributed by atoms with Crippen LogP contribution in [0.4, 0.5) is 5.69 Å². The maximum Gasteiger partial charge on any atom is 0.224 e. The lowest BCUT2D eigenvalue weighted by molar-refractivity contribution is -0.116. The van der Waals surface area contributed by atoms with Crippen LogP contribution in [0, 0.1) is 20.8 Å². The molecule has 4 heteroatoms. The molecular formula is C19H32N2O2. The number of aryl methyl sites for hydroxylation is 3. The van der Waals surface area contributed by atoms with E-state index in [2.05, 4.69) is 43.1 Å². The molecule has 0 radical (unpaired) electrons. The van der Waals surface area contributed by atoms with Crippen molar-refractivity contribution in [2.24, 2.45) is 0 Å². The molecule has 0 heterocycles. The highest BCUT2D eigenvalue weighted by Gasteiger charge is 2.13. The van der Waals surface area contributed by atoms with E-state index in [1.807, 2.05) is 13.8 Å². The van der Waals surface area contributed by atoms with Crippen LogP contribution in [0.25, 0.3) is 0 Å². The largest absolute Gasteiger partial charge is 0.392 e. The first-order chi connectivity index (χ1) is 10.7. The molecule has 0 aromatic heterocycles. The number of benzene rings is 1. The van der Waals surface area contributed by atoms with E-state index in [4.69, 9.17) is 0 Å². The summed E-state index contributed by atoms with van der Waals surface area (Å²) in [5.74, 6) is 0.0563. The minimum Gasteiger partial charge on any atom is -0.392 e. The quantitative estimate of drug-likeness (QED) is 0.771. The highest BCUT2D eigenvalue weighted by molar-refractivity contribution is 5.92. The van der Waals surface area contributed by atoms with Gasteiger partial charge in [0, 0.05) is 24.7 Å². The highest BCUT2D eigenvalue weighted by atomic mass is 16.3. The van der Waals surface area contributed by atoms with Gasteiger partial charge in [-0.05, 0) is 65.6 Å². The zero-order valence-corrected chi connectivity index (χ0v) is 15.4. The van der Waals surface area contributed by atoms with E-state index in [-0.39, 0.29) is 12.0 Å². The number of amides is 1. The zero-order chi connectivity index (χ0) is 17.6. The van der Waals surface area contributed by atoms with E-state index in [1.54, 1.807) is 6.92 Å². The van der Waals surface area contributed by atoms with E-state index < -0.39 is 0 Å². The molecule has 0 saturated heterocycles. The van der Waals surface area contributed by atoms with Crippen molar-refractivity contribution in [3.05, 3.63) is 28.8 Å². The Bertz CT molecular complexity index is 501. The first-order valence-electron chi connectivity index (χ1n) is 8.50. The molecule has 1 aromatic rings. The monoisotopic (exact) mass is 320 g/mol.